The third-order valence-corrected chi connectivity index (χ3v) is 4.32. The van der Waals surface area contributed by atoms with Crippen LogP contribution in [0.3, 0.4) is 0 Å². The van der Waals surface area contributed by atoms with Crippen LogP contribution in [0, 0.1) is 0 Å². The highest BCUT2D eigenvalue weighted by Crippen LogP contribution is 2.21. The average molecular weight is 469 g/mol. The van der Waals surface area contributed by atoms with E-state index in [0.29, 0.717) is 19.0 Å². The van der Waals surface area contributed by atoms with Gasteiger partial charge in [-0.25, -0.2) is 9.97 Å². The molecule has 25 heavy (non-hydrogen) atoms. The molecule has 0 fully saturated rings. The van der Waals surface area contributed by atoms with Crippen LogP contribution in [0.15, 0.2) is 47.0 Å². The highest BCUT2D eigenvalue weighted by molar-refractivity contribution is 14.0. The molecule has 0 spiro atoms. The highest BCUT2D eigenvalue weighted by atomic mass is 127. The number of aliphatic imine (C=N–C) groups is 1. The number of rotatable bonds is 5. The zero-order valence-electron chi connectivity index (χ0n) is 14.0. The minimum atomic E-state index is 0. The summed E-state index contributed by atoms with van der Waals surface area (Å²) in [4.78, 5) is 13.0. The van der Waals surface area contributed by atoms with Crippen LogP contribution in [0.2, 0.25) is 0 Å². The number of nitrogens with zero attached hydrogens (tertiary/aromatic N) is 5. The van der Waals surface area contributed by atoms with Gasteiger partial charge in [-0.2, -0.15) is 5.10 Å². The topological polar surface area (TPSA) is 80.0 Å². The second-order valence-corrected chi connectivity index (χ2v) is 6.01. The summed E-state index contributed by atoms with van der Waals surface area (Å²) in [5, 5.41) is 13.6. The molecule has 0 amide bonds. The predicted molar refractivity (Wildman–Crippen MR) is 111 cm³/mol. The molecule has 0 aliphatic carbocycles. The number of aryl methyl sites for hydroxylation is 1. The van der Waals surface area contributed by atoms with Crippen LogP contribution in [-0.4, -0.2) is 32.8 Å². The Hall–Kier alpha value is -2.01. The van der Waals surface area contributed by atoms with Gasteiger partial charge < -0.3 is 10.6 Å². The van der Waals surface area contributed by atoms with Gasteiger partial charge in [-0.3, -0.25) is 9.67 Å². The number of hydrogen-bond acceptors (Lipinski definition) is 5. The highest BCUT2D eigenvalue weighted by Gasteiger charge is 2.06. The molecular formula is C16H20IN7S. The van der Waals surface area contributed by atoms with Crippen LogP contribution in [0.25, 0.3) is 11.3 Å². The van der Waals surface area contributed by atoms with Gasteiger partial charge in [0.05, 0.1) is 18.8 Å². The van der Waals surface area contributed by atoms with E-state index in [0.717, 1.165) is 22.1 Å². The maximum Gasteiger partial charge on any atom is 0.191 e. The van der Waals surface area contributed by atoms with Crippen LogP contribution < -0.4 is 10.6 Å². The van der Waals surface area contributed by atoms with Gasteiger partial charge in [-0.1, -0.05) is 30.3 Å². The van der Waals surface area contributed by atoms with Gasteiger partial charge in [0.15, 0.2) is 5.96 Å². The van der Waals surface area contributed by atoms with Crippen molar-refractivity contribution in [1.29, 1.82) is 0 Å². The molecular weight excluding hydrogens is 449 g/mol. The molecule has 0 saturated heterocycles. The molecule has 0 radical (unpaired) electrons. The van der Waals surface area contributed by atoms with Crippen molar-refractivity contribution in [3.05, 3.63) is 52.9 Å². The first kappa shape index (κ1) is 19.3. The Balaban J connectivity index is 0.00000225. The molecule has 0 unspecified atom stereocenters. The zero-order valence-corrected chi connectivity index (χ0v) is 17.2. The third kappa shape index (κ3) is 5.23. The van der Waals surface area contributed by atoms with Crippen molar-refractivity contribution >= 4 is 41.3 Å². The van der Waals surface area contributed by atoms with Crippen molar-refractivity contribution < 1.29 is 0 Å². The number of nitrogens with one attached hydrogen (secondary N) is 2. The molecule has 3 rings (SSSR count). The fourth-order valence-electron chi connectivity index (χ4n) is 2.16. The summed E-state index contributed by atoms with van der Waals surface area (Å²) in [6.07, 6.45) is 1.54. The fourth-order valence-corrected chi connectivity index (χ4v) is 2.90. The number of hydrogen-bond donors (Lipinski definition) is 2. The monoisotopic (exact) mass is 469 g/mol. The molecule has 9 heteroatoms. The molecule has 3 aromatic rings. The smallest absolute Gasteiger partial charge is 0.191 e. The lowest BCUT2D eigenvalue weighted by Gasteiger charge is -2.10. The summed E-state index contributed by atoms with van der Waals surface area (Å²) < 4.78 is 1.73. The van der Waals surface area contributed by atoms with Crippen LogP contribution in [0.1, 0.15) is 10.8 Å². The van der Waals surface area contributed by atoms with E-state index in [1.165, 1.54) is 6.33 Å². The number of guanidine groups is 1. The Bertz CT molecular complexity index is 813. The second-order valence-electron chi connectivity index (χ2n) is 5.07. The lowest BCUT2D eigenvalue weighted by Crippen LogP contribution is -2.36. The number of aromatic nitrogens is 4. The van der Waals surface area contributed by atoms with Crippen molar-refractivity contribution in [3.63, 3.8) is 0 Å². The SMILES string of the molecule is CN=C(NCc1nc(-c2ccccc2)cs1)NCc1ncnn1C.I. The fraction of sp³-hybridized carbons (Fsp3) is 0.250. The van der Waals surface area contributed by atoms with Crippen LogP contribution in [0.5, 0.6) is 0 Å². The Morgan fingerprint density at radius 3 is 2.64 bits per heavy atom. The summed E-state index contributed by atoms with van der Waals surface area (Å²) in [7, 11) is 3.60. The van der Waals surface area contributed by atoms with Crippen molar-refractivity contribution in [2.24, 2.45) is 12.0 Å². The first-order valence-corrected chi connectivity index (χ1v) is 8.41. The number of thiazole rings is 1. The largest absolute Gasteiger partial charge is 0.350 e. The molecule has 2 aromatic heterocycles. The van der Waals surface area contributed by atoms with Crippen LogP contribution in [0.4, 0.5) is 0 Å². The molecule has 1 aromatic carbocycles. The Kier molecular flexibility index (Phi) is 7.31. The van der Waals surface area contributed by atoms with Crippen molar-refractivity contribution in [2.45, 2.75) is 13.1 Å². The van der Waals surface area contributed by atoms with E-state index in [-0.39, 0.29) is 24.0 Å². The number of benzene rings is 1. The predicted octanol–water partition coefficient (Wildman–Crippen LogP) is 2.42. The van der Waals surface area contributed by atoms with E-state index < -0.39 is 0 Å². The van der Waals surface area contributed by atoms with Gasteiger partial charge >= 0.3 is 0 Å². The maximum absolute atomic E-state index is 4.66. The first-order chi connectivity index (χ1) is 11.8. The molecule has 7 nitrogen and oxygen atoms in total. The van der Waals surface area contributed by atoms with Crippen molar-refractivity contribution in [3.8, 4) is 11.3 Å². The van der Waals surface area contributed by atoms with Gasteiger partial charge in [0.1, 0.15) is 17.2 Å². The summed E-state index contributed by atoms with van der Waals surface area (Å²) in [6.45, 7) is 1.18. The van der Waals surface area contributed by atoms with E-state index in [4.69, 9.17) is 0 Å². The van der Waals surface area contributed by atoms with E-state index in [1.807, 2.05) is 25.2 Å². The van der Waals surface area contributed by atoms with E-state index in [2.05, 4.69) is 48.2 Å². The molecule has 0 bridgehead atoms. The van der Waals surface area contributed by atoms with Crippen molar-refractivity contribution in [1.82, 2.24) is 30.4 Å². The van der Waals surface area contributed by atoms with Gasteiger partial charge in [0.2, 0.25) is 0 Å². The van der Waals surface area contributed by atoms with Crippen molar-refractivity contribution in [2.75, 3.05) is 7.05 Å². The minimum absolute atomic E-state index is 0. The lowest BCUT2D eigenvalue weighted by molar-refractivity contribution is 0.672. The standard InChI is InChI=1S/C16H19N7S.HI/c1-17-16(18-8-14-20-11-21-23(14)2)19-9-15-22-13(10-24-15)12-6-4-3-5-7-12;/h3-7,10-11H,8-9H2,1-2H3,(H2,17,18,19);1H. The molecule has 2 heterocycles. The molecule has 132 valence electrons. The zero-order chi connectivity index (χ0) is 16.8. The molecule has 0 aliphatic heterocycles. The Morgan fingerprint density at radius 2 is 1.96 bits per heavy atom. The van der Waals surface area contributed by atoms with E-state index >= 15 is 0 Å². The first-order valence-electron chi connectivity index (χ1n) is 7.53. The molecule has 2 N–H and O–H groups in total. The summed E-state index contributed by atoms with van der Waals surface area (Å²) in [5.41, 5.74) is 2.13. The second kappa shape index (κ2) is 9.47. The summed E-state index contributed by atoms with van der Waals surface area (Å²) in [5.74, 6) is 1.55. The Labute approximate surface area is 167 Å². The minimum Gasteiger partial charge on any atom is -0.350 e. The maximum atomic E-state index is 4.66. The normalized spacial score (nSPS) is 11.0. The third-order valence-electron chi connectivity index (χ3n) is 3.47. The number of halogens is 1. The lowest BCUT2D eigenvalue weighted by atomic mass is 10.2. The molecule has 0 saturated carbocycles. The average Bonchev–Trinajstić information content (AvgIpc) is 3.25. The van der Waals surface area contributed by atoms with Gasteiger partial charge in [-0.05, 0) is 0 Å². The summed E-state index contributed by atoms with van der Waals surface area (Å²) in [6, 6.07) is 10.2. The quantitative estimate of drug-likeness (QED) is 0.341. The van der Waals surface area contributed by atoms with Gasteiger partial charge in [-0.15, -0.1) is 35.3 Å². The van der Waals surface area contributed by atoms with Crippen LogP contribution >= 0.6 is 35.3 Å². The van der Waals surface area contributed by atoms with Gasteiger partial charge in [0.25, 0.3) is 0 Å². The Morgan fingerprint density at radius 1 is 1.20 bits per heavy atom. The van der Waals surface area contributed by atoms with E-state index in [1.54, 1.807) is 23.1 Å². The van der Waals surface area contributed by atoms with Crippen LogP contribution in [-0.2, 0) is 20.1 Å². The molecule has 0 atom stereocenters. The molecule has 0 aliphatic rings. The van der Waals surface area contributed by atoms with E-state index in [9.17, 15) is 0 Å². The van der Waals surface area contributed by atoms with Gasteiger partial charge in [0, 0.05) is 25.0 Å². The summed E-state index contributed by atoms with van der Waals surface area (Å²) >= 11 is 1.63.